The lowest BCUT2D eigenvalue weighted by molar-refractivity contribution is -0.160. The highest BCUT2D eigenvalue weighted by molar-refractivity contribution is 6.04. The van der Waals surface area contributed by atoms with Gasteiger partial charge in [0.2, 0.25) is 0 Å². The summed E-state index contributed by atoms with van der Waals surface area (Å²) in [5.41, 5.74) is 0.834. The fourth-order valence-electron chi connectivity index (χ4n) is 2.36. The van der Waals surface area contributed by atoms with Crippen molar-refractivity contribution in [3.05, 3.63) is 35.9 Å². The number of ketones is 1. The summed E-state index contributed by atoms with van der Waals surface area (Å²) in [6.07, 6.45) is 0.557. The molecule has 0 aliphatic heterocycles. The Balaban J connectivity index is 2.00. The van der Waals surface area contributed by atoms with Crippen molar-refractivity contribution in [1.82, 2.24) is 0 Å². The van der Waals surface area contributed by atoms with Crippen molar-refractivity contribution in [3.8, 4) is 0 Å². The van der Waals surface area contributed by atoms with Crippen LogP contribution in [-0.4, -0.2) is 24.8 Å². The molecular formula is C15H16O5. The summed E-state index contributed by atoms with van der Waals surface area (Å²) in [5.74, 6) is -3.16. The number of benzene rings is 1. The SMILES string of the molecule is COC(=O)[C@H]1CCC(=O)[C@@H]1C(=O)OCc1ccccc1. The minimum absolute atomic E-state index is 0.0946. The van der Waals surface area contributed by atoms with Crippen molar-refractivity contribution in [3.63, 3.8) is 0 Å². The van der Waals surface area contributed by atoms with Crippen molar-refractivity contribution < 1.29 is 23.9 Å². The molecule has 0 saturated heterocycles. The first-order valence-corrected chi connectivity index (χ1v) is 6.44. The monoisotopic (exact) mass is 276 g/mol. The summed E-state index contributed by atoms with van der Waals surface area (Å²) >= 11 is 0. The number of carbonyl (C=O) groups is 3. The Hall–Kier alpha value is -2.17. The number of Topliss-reactive ketones (excluding diaryl/α,β-unsaturated/α-hetero) is 1. The topological polar surface area (TPSA) is 69.7 Å². The van der Waals surface area contributed by atoms with Crippen LogP contribution in [0.5, 0.6) is 0 Å². The molecule has 5 heteroatoms. The van der Waals surface area contributed by atoms with Crippen molar-refractivity contribution >= 4 is 17.7 Å². The molecule has 0 heterocycles. The van der Waals surface area contributed by atoms with Crippen LogP contribution in [0.15, 0.2) is 30.3 Å². The van der Waals surface area contributed by atoms with Gasteiger partial charge in [-0.15, -0.1) is 0 Å². The number of rotatable bonds is 4. The van der Waals surface area contributed by atoms with Gasteiger partial charge in [0.15, 0.2) is 0 Å². The normalized spacial score (nSPS) is 21.6. The second-order valence-electron chi connectivity index (χ2n) is 4.71. The van der Waals surface area contributed by atoms with Crippen LogP contribution in [0.2, 0.25) is 0 Å². The van der Waals surface area contributed by atoms with Gasteiger partial charge in [-0.05, 0) is 12.0 Å². The second-order valence-corrected chi connectivity index (χ2v) is 4.71. The fourth-order valence-corrected chi connectivity index (χ4v) is 2.36. The molecule has 1 saturated carbocycles. The molecule has 0 bridgehead atoms. The highest BCUT2D eigenvalue weighted by Gasteiger charge is 2.45. The predicted molar refractivity (Wildman–Crippen MR) is 69.5 cm³/mol. The summed E-state index contributed by atoms with van der Waals surface area (Å²) in [6.45, 7) is 0.0946. The van der Waals surface area contributed by atoms with Crippen LogP contribution < -0.4 is 0 Å². The molecule has 0 aromatic heterocycles. The van der Waals surface area contributed by atoms with Crippen LogP contribution in [0.3, 0.4) is 0 Å². The van der Waals surface area contributed by atoms with E-state index in [0.29, 0.717) is 6.42 Å². The number of esters is 2. The molecule has 1 aromatic carbocycles. The van der Waals surface area contributed by atoms with Gasteiger partial charge in [0, 0.05) is 6.42 Å². The highest BCUT2D eigenvalue weighted by atomic mass is 16.5. The van der Waals surface area contributed by atoms with Crippen molar-refractivity contribution in [2.75, 3.05) is 7.11 Å². The van der Waals surface area contributed by atoms with E-state index in [4.69, 9.17) is 4.74 Å². The smallest absolute Gasteiger partial charge is 0.317 e. The van der Waals surface area contributed by atoms with E-state index >= 15 is 0 Å². The molecular weight excluding hydrogens is 260 g/mol. The number of ether oxygens (including phenoxy) is 2. The van der Waals surface area contributed by atoms with Crippen molar-refractivity contribution in [2.24, 2.45) is 11.8 Å². The first-order valence-electron chi connectivity index (χ1n) is 6.44. The van der Waals surface area contributed by atoms with Crippen LogP contribution >= 0.6 is 0 Å². The highest BCUT2D eigenvalue weighted by Crippen LogP contribution is 2.31. The molecule has 2 atom stereocenters. The van der Waals surface area contributed by atoms with Gasteiger partial charge < -0.3 is 9.47 Å². The molecule has 0 spiro atoms. The molecule has 1 aromatic rings. The standard InChI is InChI=1S/C15H16O5/c1-19-14(17)11-7-8-12(16)13(11)15(18)20-9-10-5-3-2-4-6-10/h2-6,11,13H,7-9H2,1H3/t11-,13+/m0/s1. The Bertz CT molecular complexity index is 508. The van der Waals surface area contributed by atoms with Gasteiger partial charge in [0.05, 0.1) is 13.0 Å². The maximum absolute atomic E-state index is 12.0. The molecule has 106 valence electrons. The molecule has 1 aliphatic rings. The maximum Gasteiger partial charge on any atom is 0.317 e. The summed E-state index contributed by atoms with van der Waals surface area (Å²) in [7, 11) is 1.25. The third-order valence-electron chi connectivity index (χ3n) is 3.43. The summed E-state index contributed by atoms with van der Waals surface area (Å²) in [6, 6.07) is 9.17. The van der Waals surface area contributed by atoms with Gasteiger partial charge >= 0.3 is 11.9 Å². The van der Waals surface area contributed by atoms with Crippen molar-refractivity contribution in [1.29, 1.82) is 0 Å². The predicted octanol–water partition coefficient (Wildman–Crippen LogP) is 1.50. The van der Waals surface area contributed by atoms with Crippen LogP contribution in [0.4, 0.5) is 0 Å². The number of carbonyl (C=O) groups excluding carboxylic acids is 3. The second kappa shape index (κ2) is 6.32. The van der Waals surface area contributed by atoms with Gasteiger partial charge in [-0.25, -0.2) is 0 Å². The molecule has 0 radical (unpaired) electrons. The first kappa shape index (κ1) is 14.2. The summed E-state index contributed by atoms with van der Waals surface area (Å²) in [5, 5.41) is 0. The van der Waals surface area contributed by atoms with Crippen LogP contribution in [-0.2, 0) is 30.5 Å². The van der Waals surface area contributed by atoms with E-state index in [9.17, 15) is 14.4 Å². The largest absolute Gasteiger partial charge is 0.469 e. The van der Waals surface area contributed by atoms with Crippen molar-refractivity contribution in [2.45, 2.75) is 19.4 Å². The van der Waals surface area contributed by atoms with Gasteiger partial charge in [-0.2, -0.15) is 0 Å². The molecule has 1 fully saturated rings. The van der Waals surface area contributed by atoms with Crippen LogP contribution in [0.1, 0.15) is 18.4 Å². The van der Waals surface area contributed by atoms with Gasteiger partial charge in [0.1, 0.15) is 18.3 Å². The molecule has 0 amide bonds. The van der Waals surface area contributed by atoms with E-state index in [1.807, 2.05) is 30.3 Å². The average Bonchev–Trinajstić information content (AvgIpc) is 2.87. The molecule has 1 aliphatic carbocycles. The average molecular weight is 276 g/mol. The van der Waals surface area contributed by atoms with E-state index in [-0.39, 0.29) is 18.8 Å². The minimum Gasteiger partial charge on any atom is -0.469 e. The number of methoxy groups -OCH3 is 1. The van der Waals surface area contributed by atoms with Gasteiger partial charge in [0.25, 0.3) is 0 Å². The van der Waals surface area contributed by atoms with Crippen LogP contribution in [0, 0.1) is 11.8 Å². The lowest BCUT2D eigenvalue weighted by Gasteiger charge is -2.15. The fraction of sp³-hybridized carbons (Fsp3) is 0.400. The zero-order chi connectivity index (χ0) is 14.5. The van der Waals surface area contributed by atoms with E-state index in [2.05, 4.69) is 4.74 Å². The Kier molecular flexibility index (Phi) is 4.50. The number of hydrogen-bond acceptors (Lipinski definition) is 5. The summed E-state index contributed by atoms with van der Waals surface area (Å²) < 4.78 is 9.77. The molecule has 0 N–H and O–H groups in total. The lowest BCUT2D eigenvalue weighted by atomic mass is 9.96. The van der Waals surface area contributed by atoms with E-state index in [1.54, 1.807) is 0 Å². The number of hydrogen-bond donors (Lipinski definition) is 0. The Morgan fingerprint density at radius 3 is 2.55 bits per heavy atom. The Morgan fingerprint density at radius 2 is 1.90 bits per heavy atom. The minimum atomic E-state index is -1.02. The van der Waals surface area contributed by atoms with Gasteiger partial charge in [-0.1, -0.05) is 30.3 Å². The third kappa shape index (κ3) is 3.04. The third-order valence-corrected chi connectivity index (χ3v) is 3.43. The molecule has 2 rings (SSSR count). The quantitative estimate of drug-likeness (QED) is 0.615. The Morgan fingerprint density at radius 1 is 1.20 bits per heavy atom. The summed E-state index contributed by atoms with van der Waals surface area (Å²) in [4.78, 5) is 35.3. The van der Waals surface area contributed by atoms with E-state index in [1.165, 1.54) is 7.11 Å². The molecule has 5 nitrogen and oxygen atoms in total. The van der Waals surface area contributed by atoms with E-state index in [0.717, 1.165) is 5.56 Å². The Labute approximate surface area is 116 Å². The molecule has 0 unspecified atom stereocenters. The van der Waals surface area contributed by atoms with E-state index < -0.39 is 23.8 Å². The lowest BCUT2D eigenvalue weighted by Crippen LogP contribution is -2.31. The van der Waals surface area contributed by atoms with Gasteiger partial charge in [-0.3, -0.25) is 14.4 Å². The zero-order valence-electron chi connectivity index (χ0n) is 11.2. The van der Waals surface area contributed by atoms with Crippen LogP contribution in [0.25, 0.3) is 0 Å². The first-order chi connectivity index (χ1) is 9.63. The molecule has 20 heavy (non-hydrogen) atoms. The maximum atomic E-state index is 12.0. The zero-order valence-corrected chi connectivity index (χ0v) is 11.2.